The van der Waals surface area contributed by atoms with Crippen LogP contribution in [0.4, 0.5) is 0 Å². The number of hydrogen-bond donors (Lipinski definition) is 2. The summed E-state index contributed by atoms with van der Waals surface area (Å²) in [5, 5.41) is 2.76. The normalized spacial score (nSPS) is 22.8. The minimum atomic E-state index is -0.721. The predicted octanol–water partition coefficient (Wildman–Crippen LogP) is 1.07. The Bertz CT molecular complexity index is 617. The quantitative estimate of drug-likeness (QED) is 0.780. The van der Waals surface area contributed by atoms with Crippen LogP contribution in [-0.2, 0) is 24.5 Å². The maximum Gasteiger partial charge on any atom is 0.221 e. The monoisotopic (exact) mass is 332 g/mol. The van der Waals surface area contributed by atoms with E-state index in [1.165, 1.54) is 0 Å². The van der Waals surface area contributed by atoms with Crippen molar-refractivity contribution in [3.05, 3.63) is 35.9 Å². The Morgan fingerprint density at radius 3 is 2.54 bits per heavy atom. The molecule has 1 aliphatic heterocycles. The van der Waals surface area contributed by atoms with Gasteiger partial charge in [0.15, 0.2) is 5.78 Å². The van der Waals surface area contributed by atoms with E-state index in [0.717, 1.165) is 5.56 Å². The number of benzene rings is 1. The predicted molar refractivity (Wildman–Crippen MR) is 89.2 cm³/mol. The van der Waals surface area contributed by atoms with Gasteiger partial charge in [-0.3, -0.25) is 14.4 Å². The molecule has 1 aromatic carbocycles. The molecule has 0 saturated carbocycles. The van der Waals surface area contributed by atoms with Crippen LogP contribution >= 0.6 is 0 Å². The van der Waals surface area contributed by atoms with Gasteiger partial charge in [0, 0.05) is 18.3 Å². The first-order valence-corrected chi connectivity index (χ1v) is 8.13. The van der Waals surface area contributed by atoms with Crippen molar-refractivity contribution < 1.29 is 19.1 Å². The maximum absolute atomic E-state index is 12.5. The van der Waals surface area contributed by atoms with Crippen LogP contribution in [0, 0.1) is 0 Å². The zero-order valence-corrected chi connectivity index (χ0v) is 14.1. The highest BCUT2D eigenvalue weighted by Gasteiger charge is 2.38. The molecule has 1 saturated heterocycles. The summed E-state index contributed by atoms with van der Waals surface area (Å²) in [6.45, 7) is 3.77. The van der Waals surface area contributed by atoms with E-state index in [1.807, 2.05) is 44.2 Å². The average Bonchev–Trinajstić information content (AvgIpc) is 2.87. The lowest BCUT2D eigenvalue weighted by atomic mass is 9.76. The third kappa shape index (κ3) is 4.20. The molecule has 6 heteroatoms. The van der Waals surface area contributed by atoms with E-state index in [2.05, 4.69) is 5.32 Å². The first-order valence-electron chi connectivity index (χ1n) is 8.13. The number of carbonyl (C=O) groups excluding carboxylic acids is 3. The molecule has 0 aliphatic carbocycles. The second kappa shape index (κ2) is 7.57. The Morgan fingerprint density at radius 1 is 1.29 bits per heavy atom. The van der Waals surface area contributed by atoms with Crippen LogP contribution in [0.1, 0.15) is 38.7 Å². The summed E-state index contributed by atoms with van der Waals surface area (Å²) in [6, 6.07) is 8.71. The molecule has 0 radical (unpaired) electrons. The van der Waals surface area contributed by atoms with Gasteiger partial charge >= 0.3 is 0 Å². The highest BCUT2D eigenvalue weighted by Crippen LogP contribution is 2.31. The van der Waals surface area contributed by atoms with Crippen molar-refractivity contribution >= 4 is 17.6 Å². The summed E-state index contributed by atoms with van der Waals surface area (Å²) in [7, 11) is 0. The molecule has 3 N–H and O–H groups in total. The van der Waals surface area contributed by atoms with Crippen molar-refractivity contribution in [2.24, 2.45) is 5.73 Å². The largest absolute Gasteiger partial charge is 0.370 e. The SMILES string of the molecule is CCC1OCC(=O)C1NC(=O)CC(C)(CC(N)=O)c1ccccc1. The van der Waals surface area contributed by atoms with Crippen molar-refractivity contribution in [1.29, 1.82) is 0 Å². The van der Waals surface area contributed by atoms with Crippen molar-refractivity contribution in [2.45, 2.75) is 50.7 Å². The molecule has 1 aliphatic rings. The number of carbonyl (C=O) groups is 3. The molecule has 3 atom stereocenters. The van der Waals surface area contributed by atoms with Gasteiger partial charge in [-0.05, 0) is 12.0 Å². The van der Waals surface area contributed by atoms with E-state index in [4.69, 9.17) is 10.5 Å². The summed E-state index contributed by atoms with van der Waals surface area (Å²) < 4.78 is 5.37. The fourth-order valence-electron chi connectivity index (χ4n) is 3.18. The molecule has 6 nitrogen and oxygen atoms in total. The lowest BCUT2D eigenvalue weighted by molar-refractivity contribution is -0.127. The molecule has 2 rings (SSSR count). The van der Waals surface area contributed by atoms with Gasteiger partial charge in [0.05, 0.1) is 6.10 Å². The Hall–Kier alpha value is -2.21. The molecule has 0 aromatic heterocycles. The van der Waals surface area contributed by atoms with Gasteiger partial charge in [-0.2, -0.15) is 0 Å². The zero-order valence-electron chi connectivity index (χ0n) is 14.1. The summed E-state index contributed by atoms with van der Waals surface area (Å²) in [4.78, 5) is 35.9. The summed E-state index contributed by atoms with van der Waals surface area (Å²) >= 11 is 0. The molecule has 3 unspecified atom stereocenters. The van der Waals surface area contributed by atoms with Gasteiger partial charge in [-0.15, -0.1) is 0 Å². The molecule has 0 bridgehead atoms. The molecular weight excluding hydrogens is 308 g/mol. The molecule has 1 heterocycles. The standard InChI is InChI=1S/C18H24N2O4/c1-3-14-17(13(21)11-24-14)20-16(23)10-18(2,9-15(19)22)12-7-5-4-6-8-12/h4-8,14,17H,3,9-11H2,1-2H3,(H2,19,22)(H,20,23). The molecule has 1 fully saturated rings. The van der Waals surface area contributed by atoms with Crippen molar-refractivity contribution in [2.75, 3.05) is 6.61 Å². The number of hydrogen-bond acceptors (Lipinski definition) is 4. The van der Waals surface area contributed by atoms with Crippen molar-refractivity contribution in [1.82, 2.24) is 5.32 Å². The minimum Gasteiger partial charge on any atom is -0.370 e. The highest BCUT2D eigenvalue weighted by molar-refractivity contribution is 5.92. The van der Waals surface area contributed by atoms with E-state index in [9.17, 15) is 14.4 Å². The van der Waals surface area contributed by atoms with E-state index >= 15 is 0 Å². The number of Topliss-reactive ketones (excluding diaryl/α,β-unsaturated/α-hetero) is 1. The van der Waals surface area contributed by atoms with E-state index < -0.39 is 17.4 Å². The molecule has 24 heavy (non-hydrogen) atoms. The lowest BCUT2D eigenvalue weighted by Gasteiger charge is -2.29. The number of nitrogens with two attached hydrogens (primary N) is 1. The minimum absolute atomic E-state index is 0.0285. The fraction of sp³-hybridized carbons (Fsp3) is 0.500. The Labute approximate surface area is 141 Å². The van der Waals surface area contributed by atoms with Gasteiger partial charge in [-0.25, -0.2) is 0 Å². The molecule has 130 valence electrons. The third-order valence-electron chi connectivity index (χ3n) is 4.46. The highest BCUT2D eigenvalue weighted by atomic mass is 16.5. The lowest BCUT2D eigenvalue weighted by Crippen LogP contribution is -2.46. The topological polar surface area (TPSA) is 98.5 Å². The van der Waals surface area contributed by atoms with Gasteiger partial charge in [0.25, 0.3) is 0 Å². The van der Waals surface area contributed by atoms with Crippen molar-refractivity contribution in [3.63, 3.8) is 0 Å². The first kappa shape index (κ1) is 18.1. The second-order valence-corrected chi connectivity index (χ2v) is 6.52. The smallest absolute Gasteiger partial charge is 0.221 e. The first-order chi connectivity index (χ1) is 11.4. The van der Waals surface area contributed by atoms with Crippen LogP contribution in [0.2, 0.25) is 0 Å². The Balaban J connectivity index is 2.13. The van der Waals surface area contributed by atoms with Gasteiger partial charge in [0.1, 0.15) is 12.6 Å². The van der Waals surface area contributed by atoms with E-state index in [-0.39, 0.29) is 37.2 Å². The number of nitrogens with one attached hydrogen (secondary N) is 1. The number of ether oxygens (including phenoxy) is 1. The maximum atomic E-state index is 12.5. The van der Waals surface area contributed by atoms with Crippen LogP contribution in [0.3, 0.4) is 0 Å². The second-order valence-electron chi connectivity index (χ2n) is 6.52. The number of primary amides is 1. The van der Waals surface area contributed by atoms with Crippen LogP contribution < -0.4 is 11.1 Å². The van der Waals surface area contributed by atoms with Crippen LogP contribution in [-0.4, -0.2) is 36.4 Å². The van der Waals surface area contributed by atoms with Crippen molar-refractivity contribution in [3.8, 4) is 0 Å². The van der Waals surface area contributed by atoms with Gasteiger partial charge in [0.2, 0.25) is 11.8 Å². The summed E-state index contributed by atoms with van der Waals surface area (Å²) in [5.41, 5.74) is 5.52. The Kier molecular flexibility index (Phi) is 5.72. The van der Waals surface area contributed by atoms with Crippen LogP contribution in [0.5, 0.6) is 0 Å². The number of ketones is 1. The van der Waals surface area contributed by atoms with Crippen LogP contribution in [0.25, 0.3) is 0 Å². The summed E-state index contributed by atoms with van der Waals surface area (Å²) in [5.74, 6) is -0.878. The molecule has 2 amide bonds. The fourth-order valence-corrected chi connectivity index (χ4v) is 3.18. The number of rotatable bonds is 7. The molecule has 1 aromatic rings. The Morgan fingerprint density at radius 2 is 1.96 bits per heavy atom. The summed E-state index contributed by atoms with van der Waals surface area (Å²) in [6.07, 6.45) is 0.478. The zero-order chi connectivity index (χ0) is 17.7. The van der Waals surface area contributed by atoms with Crippen LogP contribution in [0.15, 0.2) is 30.3 Å². The van der Waals surface area contributed by atoms with Gasteiger partial charge < -0.3 is 15.8 Å². The average molecular weight is 332 g/mol. The third-order valence-corrected chi connectivity index (χ3v) is 4.46. The van der Waals surface area contributed by atoms with Gasteiger partial charge in [-0.1, -0.05) is 44.2 Å². The number of amides is 2. The van der Waals surface area contributed by atoms with E-state index in [1.54, 1.807) is 0 Å². The molecule has 0 spiro atoms. The van der Waals surface area contributed by atoms with E-state index in [0.29, 0.717) is 6.42 Å². The molecular formula is C18H24N2O4.